The van der Waals surface area contributed by atoms with Crippen LogP contribution < -0.4 is 9.47 Å². The number of fused-ring (bicyclic) bond motifs is 1. The lowest BCUT2D eigenvalue weighted by Gasteiger charge is -2.35. The number of methoxy groups -OCH3 is 1. The van der Waals surface area contributed by atoms with Gasteiger partial charge in [0.1, 0.15) is 17.7 Å². The fourth-order valence-electron chi connectivity index (χ4n) is 4.54. The highest BCUT2D eigenvalue weighted by atomic mass is 19.1. The Morgan fingerprint density at radius 1 is 1.10 bits per heavy atom. The van der Waals surface area contributed by atoms with E-state index in [1.54, 1.807) is 24.1 Å². The summed E-state index contributed by atoms with van der Waals surface area (Å²) in [5.41, 5.74) is 0.189. The molecule has 5 nitrogen and oxygen atoms in total. The number of rotatable bonds is 5. The van der Waals surface area contributed by atoms with Gasteiger partial charge in [0.25, 0.3) is 0 Å². The molecule has 4 atom stereocenters. The minimum absolute atomic E-state index is 0.102. The highest BCUT2D eigenvalue weighted by molar-refractivity contribution is 5.79. The van der Waals surface area contributed by atoms with Gasteiger partial charge in [-0.15, -0.1) is 0 Å². The van der Waals surface area contributed by atoms with Gasteiger partial charge in [0.05, 0.1) is 19.6 Å². The van der Waals surface area contributed by atoms with E-state index in [1.807, 2.05) is 12.1 Å². The van der Waals surface area contributed by atoms with Gasteiger partial charge in [-0.2, -0.15) is 0 Å². The number of amides is 1. The molecule has 0 aromatic heterocycles. The van der Waals surface area contributed by atoms with Crippen LogP contribution in [0.4, 0.5) is 8.78 Å². The second-order valence-corrected chi connectivity index (χ2v) is 8.08. The summed E-state index contributed by atoms with van der Waals surface area (Å²) in [5.74, 6) is 0.0180. The first-order valence-corrected chi connectivity index (χ1v) is 10.1. The van der Waals surface area contributed by atoms with E-state index in [1.165, 1.54) is 6.07 Å². The summed E-state index contributed by atoms with van der Waals surface area (Å²) >= 11 is 0. The predicted octanol–water partition coefficient (Wildman–Crippen LogP) is 3.19. The maximum Gasteiger partial charge on any atom is 0.227 e. The lowest BCUT2D eigenvalue weighted by molar-refractivity contribution is -0.129. The summed E-state index contributed by atoms with van der Waals surface area (Å²) in [6, 6.07) is 10.6. The minimum atomic E-state index is -0.708. The Labute approximate surface area is 174 Å². The van der Waals surface area contributed by atoms with Crippen LogP contribution in [-0.2, 0) is 11.2 Å². The van der Waals surface area contributed by atoms with Gasteiger partial charge < -0.3 is 19.5 Å². The van der Waals surface area contributed by atoms with Crippen LogP contribution in [0.3, 0.4) is 0 Å². The van der Waals surface area contributed by atoms with Crippen LogP contribution in [-0.4, -0.2) is 48.3 Å². The Morgan fingerprint density at radius 3 is 2.50 bits per heavy atom. The van der Waals surface area contributed by atoms with Crippen molar-refractivity contribution in [2.45, 2.75) is 31.5 Å². The maximum absolute atomic E-state index is 13.9. The zero-order valence-electron chi connectivity index (χ0n) is 16.8. The van der Waals surface area contributed by atoms with E-state index in [0.29, 0.717) is 37.4 Å². The van der Waals surface area contributed by atoms with E-state index in [-0.39, 0.29) is 35.8 Å². The lowest BCUT2D eigenvalue weighted by Crippen LogP contribution is -2.42. The second kappa shape index (κ2) is 8.60. The van der Waals surface area contributed by atoms with E-state index in [9.17, 15) is 18.7 Å². The molecule has 1 aliphatic carbocycles. The topological polar surface area (TPSA) is 59.0 Å². The number of hydrogen-bond acceptors (Lipinski definition) is 4. The third kappa shape index (κ3) is 4.26. The molecule has 0 bridgehead atoms. The number of aliphatic hydroxyl groups excluding tert-OH is 1. The molecule has 1 amide bonds. The number of likely N-dealkylation sites (tertiary alicyclic amines) is 1. The third-order valence-corrected chi connectivity index (χ3v) is 6.14. The van der Waals surface area contributed by atoms with E-state index < -0.39 is 17.7 Å². The van der Waals surface area contributed by atoms with Gasteiger partial charge >= 0.3 is 0 Å². The zero-order chi connectivity index (χ0) is 21.3. The molecule has 1 N–H and O–H groups in total. The van der Waals surface area contributed by atoms with Gasteiger partial charge in [0.15, 0.2) is 11.5 Å². The number of halogens is 2. The van der Waals surface area contributed by atoms with Crippen molar-refractivity contribution < 1.29 is 28.2 Å². The van der Waals surface area contributed by atoms with Gasteiger partial charge in [0.2, 0.25) is 5.91 Å². The smallest absolute Gasteiger partial charge is 0.227 e. The second-order valence-electron chi connectivity index (χ2n) is 8.08. The maximum atomic E-state index is 13.9. The molecule has 30 heavy (non-hydrogen) atoms. The molecule has 2 fully saturated rings. The van der Waals surface area contributed by atoms with Crippen molar-refractivity contribution in [1.29, 1.82) is 0 Å². The zero-order valence-corrected chi connectivity index (χ0v) is 16.8. The average Bonchev–Trinajstić information content (AvgIpc) is 3.13. The summed E-state index contributed by atoms with van der Waals surface area (Å²) in [6.07, 6.45) is 0.0420. The van der Waals surface area contributed by atoms with Crippen molar-refractivity contribution in [3.05, 3.63) is 59.7 Å². The minimum Gasteiger partial charge on any atom is -0.493 e. The Balaban J connectivity index is 1.39. The summed E-state index contributed by atoms with van der Waals surface area (Å²) in [7, 11) is 1.57. The number of carbonyl (C=O) groups excluding carboxylic acids is 1. The van der Waals surface area contributed by atoms with Crippen LogP contribution in [0.1, 0.15) is 18.4 Å². The van der Waals surface area contributed by atoms with Crippen molar-refractivity contribution in [2.24, 2.45) is 11.8 Å². The fraction of sp³-hybridized carbons (Fsp3) is 0.435. The largest absolute Gasteiger partial charge is 0.493 e. The van der Waals surface area contributed by atoms with Gasteiger partial charge in [-0.3, -0.25) is 4.79 Å². The van der Waals surface area contributed by atoms with Crippen LogP contribution >= 0.6 is 0 Å². The average molecular weight is 417 g/mol. The first kappa shape index (κ1) is 20.6. The summed E-state index contributed by atoms with van der Waals surface area (Å²) < 4.78 is 38.3. The van der Waals surface area contributed by atoms with Crippen molar-refractivity contribution >= 4 is 5.91 Å². The molecule has 1 saturated heterocycles. The normalized spacial score (nSPS) is 25.7. The van der Waals surface area contributed by atoms with Crippen LogP contribution in [0.15, 0.2) is 42.5 Å². The third-order valence-electron chi connectivity index (χ3n) is 6.14. The molecular formula is C23H25F2NO4. The summed E-state index contributed by atoms with van der Waals surface area (Å²) in [6.45, 7) is 1.08. The van der Waals surface area contributed by atoms with Gasteiger partial charge in [-0.1, -0.05) is 18.2 Å². The molecule has 0 unspecified atom stereocenters. The van der Waals surface area contributed by atoms with E-state index in [2.05, 4.69) is 0 Å². The SMILES string of the molecule is COc1ccccc1O[C@@H]1C[C@@H]2CN(C(=O)Cc3ccc(F)cc3F)C[C@@H]2C[C@H]1O. The van der Waals surface area contributed by atoms with E-state index >= 15 is 0 Å². The molecule has 2 aromatic rings. The summed E-state index contributed by atoms with van der Waals surface area (Å²) in [5, 5.41) is 10.6. The van der Waals surface area contributed by atoms with Crippen LogP contribution in [0, 0.1) is 23.5 Å². The Bertz CT molecular complexity index is 922. The molecular weight excluding hydrogens is 392 g/mol. The van der Waals surface area contributed by atoms with E-state index in [4.69, 9.17) is 9.47 Å². The highest BCUT2D eigenvalue weighted by Gasteiger charge is 2.44. The lowest BCUT2D eigenvalue weighted by atomic mass is 9.78. The standard InChI is InChI=1S/C23H25F2NO4/c1-29-20-4-2-3-5-21(20)30-22-9-16-13-26(12-15(16)8-19(22)27)23(28)10-14-6-7-17(24)11-18(14)25/h2-7,11,15-16,19,22,27H,8-10,12-13H2,1H3/t15-,16+,19+,22+/m0/s1. The van der Waals surface area contributed by atoms with Crippen LogP contribution in [0.2, 0.25) is 0 Å². The number of para-hydroxylation sites is 2. The van der Waals surface area contributed by atoms with Gasteiger partial charge in [-0.25, -0.2) is 8.78 Å². The molecule has 1 heterocycles. The molecule has 2 aliphatic rings. The molecule has 0 spiro atoms. The Morgan fingerprint density at radius 2 is 1.80 bits per heavy atom. The summed E-state index contributed by atoms with van der Waals surface area (Å²) in [4.78, 5) is 14.4. The fourth-order valence-corrected chi connectivity index (χ4v) is 4.54. The first-order valence-electron chi connectivity index (χ1n) is 10.1. The molecule has 4 rings (SSSR count). The molecule has 0 radical (unpaired) electrons. The quantitative estimate of drug-likeness (QED) is 0.812. The van der Waals surface area contributed by atoms with Crippen molar-refractivity contribution in [3.63, 3.8) is 0 Å². The number of nitrogens with zero attached hydrogens (tertiary/aromatic N) is 1. The van der Waals surface area contributed by atoms with Crippen LogP contribution in [0.25, 0.3) is 0 Å². The molecule has 7 heteroatoms. The number of benzene rings is 2. The Kier molecular flexibility index (Phi) is 5.90. The number of aliphatic hydroxyl groups is 1. The Hall–Kier alpha value is -2.67. The van der Waals surface area contributed by atoms with Crippen LogP contribution in [0.5, 0.6) is 11.5 Å². The van der Waals surface area contributed by atoms with Crippen molar-refractivity contribution in [3.8, 4) is 11.5 Å². The van der Waals surface area contributed by atoms with Crippen molar-refractivity contribution in [2.75, 3.05) is 20.2 Å². The molecule has 1 saturated carbocycles. The first-order chi connectivity index (χ1) is 14.4. The highest BCUT2D eigenvalue weighted by Crippen LogP contribution is 2.39. The van der Waals surface area contributed by atoms with Gasteiger partial charge in [-0.05, 0) is 48.4 Å². The monoisotopic (exact) mass is 417 g/mol. The molecule has 1 aliphatic heterocycles. The molecule has 2 aromatic carbocycles. The van der Waals surface area contributed by atoms with Gasteiger partial charge in [0, 0.05) is 19.2 Å². The van der Waals surface area contributed by atoms with Crippen molar-refractivity contribution in [1.82, 2.24) is 4.90 Å². The molecule has 160 valence electrons. The number of hydrogen-bond donors (Lipinski definition) is 1. The number of ether oxygens (including phenoxy) is 2. The van der Waals surface area contributed by atoms with E-state index in [0.717, 1.165) is 12.1 Å². The predicted molar refractivity (Wildman–Crippen MR) is 106 cm³/mol. The number of carbonyl (C=O) groups is 1.